The van der Waals surface area contributed by atoms with E-state index in [1.54, 1.807) is 21.3 Å². The van der Waals surface area contributed by atoms with Crippen molar-refractivity contribution >= 4 is 16.8 Å². The maximum Gasteiger partial charge on any atom is 0.254 e. The van der Waals surface area contributed by atoms with Crippen LogP contribution in [0.4, 0.5) is 0 Å². The van der Waals surface area contributed by atoms with Crippen LogP contribution in [-0.4, -0.2) is 50.2 Å². The van der Waals surface area contributed by atoms with E-state index >= 15 is 0 Å². The Morgan fingerprint density at radius 1 is 1.03 bits per heavy atom. The summed E-state index contributed by atoms with van der Waals surface area (Å²) in [6.07, 6.45) is 3.35. The van der Waals surface area contributed by atoms with E-state index in [0.717, 1.165) is 36.0 Å². The fourth-order valence-corrected chi connectivity index (χ4v) is 4.06. The number of rotatable bonds is 9. The van der Waals surface area contributed by atoms with Crippen LogP contribution < -0.4 is 14.2 Å². The highest BCUT2D eigenvalue weighted by Gasteiger charge is 2.28. The van der Waals surface area contributed by atoms with Crippen molar-refractivity contribution in [1.82, 2.24) is 9.88 Å². The second kappa shape index (κ2) is 9.47. The molecule has 32 heavy (non-hydrogen) atoms. The molecule has 6 heteroatoms. The van der Waals surface area contributed by atoms with Gasteiger partial charge in [-0.15, -0.1) is 0 Å². The number of carbonyl (C=O) groups is 1. The average Bonchev–Trinajstić information content (AvgIpc) is 3.65. The molecule has 168 valence electrons. The minimum atomic E-state index is 0.0611. The van der Waals surface area contributed by atoms with Crippen molar-refractivity contribution in [3.63, 3.8) is 0 Å². The number of pyridine rings is 1. The highest BCUT2D eigenvalue weighted by Crippen LogP contribution is 2.41. The smallest absolute Gasteiger partial charge is 0.254 e. The Hall–Kier alpha value is -3.28. The molecular formula is C26H30N2O4. The first kappa shape index (κ1) is 21.9. The monoisotopic (exact) mass is 434 g/mol. The molecule has 0 aliphatic heterocycles. The van der Waals surface area contributed by atoms with E-state index in [-0.39, 0.29) is 5.91 Å². The number of methoxy groups -OCH3 is 3. The molecule has 0 radical (unpaired) electrons. The van der Waals surface area contributed by atoms with Crippen molar-refractivity contribution in [2.75, 3.05) is 34.4 Å². The molecule has 1 fully saturated rings. The zero-order valence-electron chi connectivity index (χ0n) is 19.2. The van der Waals surface area contributed by atoms with Crippen LogP contribution in [0.5, 0.6) is 17.2 Å². The molecule has 2 aromatic carbocycles. The van der Waals surface area contributed by atoms with Gasteiger partial charge in [0.1, 0.15) is 0 Å². The first-order chi connectivity index (χ1) is 15.6. The van der Waals surface area contributed by atoms with Gasteiger partial charge in [0.15, 0.2) is 11.5 Å². The molecular weight excluding hydrogens is 404 g/mol. The lowest BCUT2D eigenvalue weighted by Gasteiger charge is -2.23. The summed E-state index contributed by atoms with van der Waals surface area (Å²) in [5, 5.41) is 0.866. The van der Waals surface area contributed by atoms with Gasteiger partial charge in [0.25, 0.3) is 5.91 Å². The van der Waals surface area contributed by atoms with Crippen molar-refractivity contribution in [2.24, 2.45) is 5.92 Å². The normalized spacial score (nSPS) is 13.1. The van der Waals surface area contributed by atoms with Crippen LogP contribution in [-0.2, 0) is 0 Å². The second-order valence-corrected chi connectivity index (χ2v) is 8.18. The number of hydrogen-bond acceptors (Lipinski definition) is 5. The second-order valence-electron chi connectivity index (χ2n) is 8.18. The van der Waals surface area contributed by atoms with E-state index in [4.69, 9.17) is 19.2 Å². The summed E-state index contributed by atoms with van der Waals surface area (Å²) in [7, 11) is 4.75. The first-order valence-electron chi connectivity index (χ1n) is 11.1. The molecule has 0 saturated heterocycles. The third-order valence-corrected chi connectivity index (χ3v) is 5.86. The molecule has 1 saturated carbocycles. The Kier molecular flexibility index (Phi) is 6.49. The predicted octanol–water partition coefficient (Wildman–Crippen LogP) is 5.19. The highest BCUT2D eigenvalue weighted by molar-refractivity contribution is 6.07. The van der Waals surface area contributed by atoms with E-state index in [9.17, 15) is 4.79 Å². The maximum absolute atomic E-state index is 13.7. The van der Waals surface area contributed by atoms with Gasteiger partial charge < -0.3 is 19.1 Å². The highest BCUT2D eigenvalue weighted by atomic mass is 16.5. The molecule has 1 aliphatic carbocycles. The SMILES string of the molecule is CCCN(CC1CC1)C(=O)c1cc(-c2cc(OC)c(OC)c(OC)c2)nc2ccccc12. The van der Waals surface area contributed by atoms with Gasteiger partial charge in [-0.1, -0.05) is 25.1 Å². The Morgan fingerprint density at radius 3 is 2.31 bits per heavy atom. The van der Waals surface area contributed by atoms with Gasteiger partial charge >= 0.3 is 0 Å². The summed E-state index contributed by atoms with van der Waals surface area (Å²) >= 11 is 0. The molecule has 0 N–H and O–H groups in total. The van der Waals surface area contributed by atoms with Crippen molar-refractivity contribution < 1.29 is 19.0 Å². The Bertz CT molecular complexity index is 1100. The largest absolute Gasteiger partial charge is 0.493 e. The van der Waals surface area contributed by atoms with E-state index < -0.39 is 0 Å². The van der Waals surface area contributed by atoms with E-state index in [2.05, 4.69) is 6.92 Å². The number of benzene rings is 2. The molecule has 3 aromatic rings. The first-order valence-corrected chi connectivity index (χ1v) is 11.1. The minimum Gasteiger partial charge on any atom is -0.493 e. The van der Waals surface area contributed by atoms with E-state index in [1.807, 2.05) is 47.4 Å². The number of amides is 1. The quantitative estimate of drug-likeness (QED) is 0.464. The average molecular weight is 435 g/mol. The molecule has 0 bridgehead atoms. The lowest BCUT2D eigenvalue weighted by molar-refractivity contribution is 0.0749. The van der Waals surface area contributed by atoms with Gasteiger partial charge in [0.05, 0.1) is 38.1 Å². The Morgan fingerprint density at radius 2 is 1.72 bits per heavy atom. The fraction of sp³-hybridized carbons (Fsp3) is 0.385. The third kappa shape index (κ3) is 4.35. The predicted molar refractivity (Wildman–Crippen MR) is 126 cm³/mol. The van der Waals surface area contributed by atoms with E-state index in [1.165, 1.54) is 12.8 Å². The molecule has 0 atom stereocenters. The summed E-state index contributed by atoms with van der Waals surface area (Å²) < 4.78 is 16.5. The van der Waals surface area contributed by atoms with Gasteiger partial charge in [0, 0.05) is 24.0 Å². The van der Waals surface area contributed by atoms with Gasteiger partial charge in [-0.25, -0.2) is 4.98 Å². The molecule has 1 heterocycles. The van der Waals surface area contributed by atoms with Crippen LogP contribution in [0.3, 0.4) is 0 Å². The van der Waals surface area contributed by atoms with Gasteiger partial charge in [-0.05, 0) is 49.4 Å². The number of hydrogen-bond donors (Lipinski definition) is 0. The molecule has 0 spiro atoms. The number of carbonyl (C=O) groups excluding carboxylic acids is 1. The van der Waals surface area contributed by atoms with Crippen LogP contribution >= 0.6 is 0 Å². The number of para-hydroxylation sites is 1. The van der Waals surface area contributed by atoms with Crippen molar-refractivity contribution in [2.45, 2.75) is 26.2 Å². The summed E-state index contributed by atoms with van der Waals surface area (Å²) in [6.45, 7) is 3.69. The standard InChI is InChI=1S/C26H30N2O4/c1-5-12-28(16-17-10-11-17)26(29)20-15-22(27-21-9-7-6-8-19(20)21)18-13-23(30-2)25(32-4)24(14-18)31-3/h6-9,13-15,17H,5,10-12,16H2,1-4H3. The van der Waals surface area contributed by atoms with Gasteiger partial charge in [0.2, 0.25) is 5.75 Å². The topological polar surface area (TPSA) is 60.9 Å². The maximum atomic E-state index is 13.7. The van der Waals surface area contributed by atoms with Gasteiger partial charge in [-0.3, -0.25) is 4.79 Å². The van der Waals surface area contributed by atoms with Crippen molar-refractivity contribution in [3.8, 4) is 28.5 Å². The van der Waals surface area contributed by atoms with Crippen LogP contribution in [0.15, 0.2) is 42.5 Å². The number of ether oxygens (including phenoxy) is 3. The minimum absolute atomic E-state index is 0.0611. The molecule has 1 aliphatic rings. The number of nitrogens with zero attached hydrogens (tertiary/aromatic N) is 2. The lowest BCUT2D eigenvalue weighted by Crippen LogP contribution is -2.33. The molecule has 0 unspecified atom stereocenters. The summed E-state index contributed by atoms with van der Waals surface area (Å²) in [6, 6.07) is 13.4. The lowest BCUT2D eigenvalue weighted by atomic mass is 10.0. The number of aromatic nitrogens is 1. The Labute approximate surface area is 189 Å². The van der Waals surface area contributed by atoms with Crippen molar-refractivity contribution in [3.05, 3.63) is 48.0 Å². The Balaban J connectivity index is 1.85. The van der Waals surface area contributed by atoms with Crippen LogP contribution in [0, 0.1) is 5.92 Å². The number of fused-ring (bicyclic) bond motifs is 1. The summed E-state index contributed by atoms with van der Waals surface area (Å²) in [4.78, 5) is 20.5. The van der Waals surface area contributed by atoms with Gasteiger partial charge in [-0.2, -0.15) is 0 Å². The molecule has 4 rings (SSSR count). The summed E-state index contributed by atoms with van der Waals surface area (Å²) in [5.41, 5.74) is 2.94. The molecule has 1 aromatic heterocycles. The summed E-state index contributed by atoms with van der Waals surface area (Å²) in [5.74, 6) is 2.31. The molecule has 6 nitrogen and oxygen atoms in total. The fourth-order valence-electron chi connectivity index (χ4n) is 4.06. The van der Waals surface area contributed by atoms with Crippen molar-refractivity contribution in [1.29, 1.82) is 0 Å². The zero-order chi connectivity index (χ0) is 22.7. The third-order valence-electron chi connectivity index (χ3n) is 5.86. The van der Waals surface area contributed by atoms with Crippen LogP contribution in [0.1, 0.15) is 36.5 Å². The van der Waals surface area contributed by atoms with E-state index in [0.29, 0.717) is 34.4 Å². The van der Waals surface area contributed by atoms with Crippen LogP contribution in [0.2, 0.25) is 0 Å². The van der Waals surface area contributed by atoms with Crippen LogP contribution in [0.25, 0.3) is 22.2 Å². The molecule has 1 amide bonds. The zero-order valence-corrected chi connectivity index (χ0v) is 19.2.